The minimum absolute atomic E-state index is 0.226. The predicted molar refractivity (Wildman–Crippen MR) is 75.9 cm³/mol. The standard InChI is InChI=1S/C12H18BrNO2S/c1-9(8-17(3)15)14-7-10-6-11(13)4-5-12(10)16-2/h4-6,9,14H,7-8H2,1-3H3. The molecule has 0 fully saturated rings. The van der Waals surface area contributed by atoms with Gasteiger partial charge in [-0.15, -0.1) is 0 Å². The Morgan fingerprint density at radius 1 is 1.53 bits per heavy atom. The van der Waals surface area contributed by atoms with E-state index in [0.717, 1.165) is 15.8 Å². The van der Waals surface area contributed by atoms with Crippen molar-refractivity contribution in [2.75, 3.05) is 19.1 Å². The van der Waals surface area contributed by atoms with Crippen LogP contribution >= 0.6 is 15.9 Å². The minimum Gasteiger partial charge on any atom is -0.496 e. The third kappa shape index (κ3) is 5.19. The SMILES string of the molecule is COc1ccc(Br)cc1CNC(C)CS(C)=O. The summed E-state index contributed by atoms with van der Waals surface area (Å²) in [5, 5.41) is 3.34. The van der Waals surface area contributed by atoms with E-state index in [4.69, 9.17) is 4.74 Å². The van der Waals surface area contributed by atoms with Crippen LogP contribution in [0.25, 0.3) is 0 Å². The van der Waals surface area contributed by atoms with Crippen molar-refractivity contribution in [3.05, 3.63) is 28.2 Å². The summed E-state index contributed by atoms with van der Waals surface area (Å²) in [6.45, 7) is 2.74. The first-order valence-electron chi connectivity index (χ1n) is 5.38. The summed E-state index contributed by atoms with van der Waals surface area (Å²) in [7, 11) is 0.896. The van der Waals surface area contributed by atoms with Gasteiger partial charge in [-0.05, 0) is 25.1 Å². The maximum atomic E-state index is 11.1. The first-order valence-corrected chi connectivity index (χ1v) is 7.90. The predicted octanol–water partition coefficient (Wildman–Crippen LogP) is 2.31. The molecular formula is C12H18BrNO2S. The molecule has 0 aromatic heterocycles. The maximum Gasteiger partial charge on any atom is 0.123 e. The molecule has 2 atom stereocenters. The molecule has 0 saturated carbocycles. The number of nitrogens with one attached hydrogen (secondary N) is 1. The lowest BCUT2D eigenvalue weighted by Gasteiger charge is -2.14. The van der Waals surface area contributed by atoms with E-state index >= 15 is 0 Å². The van der Waals surface area contributed by atoms with Crippen molar-refractivity contribution in [2.45, 2.75) is 19.5 Å². The van der Waals surface area contributed by atoms with Crippen molar-refractivity contribution in [3.8, 4) is 5.75 Å². The van der Waals surface area contributed by atoms with Gasteiger partial charge in [0.05, 0.1) is 7.11 Å². The zero-order chi connectivity index (χ0) is 12.8. The van der Waals surface area contributed by atoms with Crippen molar-refractivity contribution < 1.29 is 8.95 Å². The Morgan fingerprint density at radius 2 is 2.24 bits per heavy atom. The Kier molecular flexibility index (Phi) is 6.16. The number of ether oxygens (including phenoxy) is 1. The number of rotatable bonds is 6. The number of methoxy groups -OCH3 is 1. The van der Waals surface area contributed by atoms with Crippen LogP contribution in [0.15, 0.2) is 22.7 Å². The molecule has 96 valence electrons. The molecule has 1 N–H and O–H groups in total. The Bertz CT molecular complexity index is 398. The van der Waals surface area contributed by atoms with Crippen molar-refractivity contribution in [1.82, 2.24) is 5.32 Å². The van der Waals surface area contributed by atoms with Crippen molar-refractivity contribution in [2.24, 2.45) is 0 Å². The van der Waals surface area contributed by atoms with Gasteiger partial charge in [-0.1, -0.05) is 15.9 Å². The van der Waals surface area contributed by atoms with Gasteiger partial charge >= 0.3 is 0 Å². The number of halogens is 1. The molecule has 0 spiro atoms. The Hall–Kier alpha value is -0.390. The monoisotopic (exact) mass is 319 g/mol. The number of hydrogen-bond acceptors (Lipinski definition) is 3. The molecule has 0 saturated heterocycles. The molecule has 1 aromatic carbocycles. The average molecular weight is 320 g/mol. The van der Waals surface area contributed by atoms with Crippen LogP contribution in [0.1, 0.15) is 12.5 Å². The molecule has 0 radical (unpaired) electrons. The van der Waals surface area contributed by atoms with E-state index in [1.54, 1.807) is 13.4 Å². The van der Waals surface area contributed by atoms with Gasteiger partial charge in [-0.25, -0.2) is 0 Å². The number of hydrogen-bond donors (Lipinski definition) is 1. The first kappa shape index (κ1) is 14.7. The smallest absolute Gasteiger partial charge is 0.123 e. The molecule has 0 bridgehead atoms. The first-order chi connectivity index (χ1) is 8.02. The second-order valence-corrected chi connectivity index (χ2v) is 6.37. The lowest BCUT2D eigenvalue weighted by Crippen LogP contribution is -2.30. The van der Waals surface area contributed by atoms with E-state index in [2.05, 4.69) is 21.2 Å². The van der Waals surface area contributed by atoms with Gasteiger partial charge in [0.15, 0.2) is 0 Å². The summed E-state index contributed by atoms with van der Waals surface area (Å²) in [5.74, 6) is 1.53. The Labute approximate surface area is 114 Å². The number of benzene rings is 1. The highest BCUT2D eigenvalue weighted by molar-refractivity contribution is 9.10. The van der Waals surface area contributed by atoms with Crippen LogP contribution in [0.4, 0.5) is 0 Å². The van der Waals surface area contributed by atoms with Crippen LogP contribution in [0.2, 0.25) is 0 Å². The molecule has 5 heteroatoms. The Morgan fingerprint density at radius 3 is 2.82 bits per heavy atom. The van der Waals surface area contributed by atoms with E-state index in [1.165, 1.54) is 0 Å². The Balaban J connectivity index is 2.61. The van der Waals surface area contributed by atoms with Gasteiger partial charge in [-0.2, -0.15) is 0 Å². The molecule has 17 heavy (non-hydrogen) atoms. The average Bonchev–Trinajstić information content (AvgIpc) is 2.25. The lowest BCUT2D eigenvalue weighted by molar-refractivity contribution is 0.406. The summed E-state index contributed by atoms with van der Waals surface area (Å²) in [6.07, 6.45) is 1.72. The van der Waals surface area contributed by atoms with Crippen molar-refractivity contribution >= 4 is 26.7 Å². The highest BCUT2D eigenvalue weighted by Gasteiger charge is 2.07. The van der Waals surface area contributed by atoms with Gasteiger partial charge in [0, 0.05) is 45.4 Å². The van der Waals surface area contributed by atoms with Crippen LogP contribution in [-0.2, 0) is 17.3 Å². The summed E-state index contributed by atoms with van der Waals surface area (Å²) < 4.78 is 17.4. The van der Waals surface area contributed by atoms with E-state index in [1.807, 2.05) is 25.1 Å². The summed E-state index contributed by atoms with van der Waals surface area (Å²) in [4.78, 5) is 0. The summed E-state index contributed by atoms with van der Waals surface area (Å²) in [5.41, 5.74) is 1.09. The quantitative estimate of drug-likeness (QED) is 0.874. The molecule has 0 aliphatic rings. The molecule has 0 amide bonds. The van der Waals surface area contributed by atoms with Gasteiger partial charge in [0.25, 0.3) is 0 Å². The fourth-order valence-corrected chi connectivity index (χ4v) is 2.81. The lowest BCUT2D eigenvalue weighted by atomic mass is 10.2. The molecule has 0 aliphatic heterocycles. The highest BCUT2D eigenvalue weighted by atomic mass is 79.9. The maximum absolute atomic E-state index is 11.1. The van der Waals surface area contributed by atoms with Crippen LogP contribution in [-0.4, -0.2) is 29.4 Å². The van der Waals surface area contributed by atoms with Gasteiger partial charge < -0.3 is 10.1 Å². The van der Waals surface area contributed by atoms with Crippen molar-refractivity contribution in [1.29, 1.82) is 0 Å². The molecule has 1 rings (SSSR count). The zero-order valence-electron chi connectivity index (χ0n) is 10.3. The second-order valence-electron chi connectivity index (χ2n) is 3.98. The fraction of sp³-hybridized carbons (Fsp3) is 0.500. The third-order valence-electron chi connectivity index (χ3n) is 2.37. The zero-order valence-corrected chi connectivity index (χ0v) is 12.7. The minimum atomic E-state index is -0.768. The normalized spacial score (nSPS) is 14.4. The largest absolute Gasteiger partial charge is 0.496 e. The van der Waals surface area contributed by atoms with Crippen LogP contribution in [0, 0.1) is 0 Å². The van der Waals surface area contributed by atoms with E-state index in [9.17, 15) is 4.21 Å². The molecule has 1 aromatic rings. The van der Waals surface area contributed by atoms with Gasteiger partial charge in [-0.3, -0.25) is 4.21 Å². The fourth-order valence-electron chi connectivity index (χ4n) is 1.58. The molecule has 0 aliphatic carbocycles. The highest BCUT2D eigenvalue weighted by Crippen LogP contribution is 2.22. The van der Waals surface area contributed by atoms with E-state index in [0.29, 0.717) is 12.3 Å². The van der Waals surface area contributed by atoms with E-state index < -0.39 is 10.8 Å². The van der Waals surface area contributed by atoms with Crippen LogP contribution < -0.4 is 10.1 Å². The van der Waals surface area contributed by atoms with Crippen LogP contribution in [0.3, 0.4) is 0 Å². The van der Waals surface area contributed by atoms with Crippen LogP contribution in [0.5, 0.6) is 5.75 Å². The second kappa shape index (κ2) is 7.13. The topological polar surface area (TPSA) is 38.3 Å². The summed E-state index contributed by atoms with van der Waals surface area (Å²) in [6, 6.07) is 6.14. The van der Waals surface area contributed by atoms with Crippen molar-refractivity contribution in [3.63, 3.8) is 0 Å². The molecule has 3 nitrogen and oxygen atoms in total. The molecule has 0 heterocycles. The van der Waals surface area contributed by atoms with E-state index in [-0.39, 0.29) is 6.04 Å². The third-order valence-corrected chi connectivity index (χ3v) is 3.83. The molecule has 2 unspecified atom stereocenters. The van der Waals surface area contributed by atoms with Gasteiger partial charge in [0.1, 0.15) is 5.75 Å². The van der Waals surface area contributed by atoms with Gasteiger partial charge in [0.2, 0.25) is 0 Å². The summed E-state index contributed by atoms with van der Waals surface area (Å²) >= 11 is 3.44. The molecular weight excluding hydrogens is 302 g/mol.